The zero-order chi connectivity index (χ0) is 21.3. The fourth-order valence-electron chi connectivity index (χ4n) is 4.00. The minimum Gasteiger partial charge on any atom is -0.507 e. The first-order chi connectivity index (χ1) is 14.5. The van der Waals surface area contributed by atoms with Crippen LogP contribution in [0.25, 0.3) is 5.76 Å². The molecule has 0 aliphatic carbocycles. The van der Waals surface area contributed by atoms with Crippen LogP contribution in [0.2, 0.25) is 0 Å². The number of likely N-dealkylation sites (tertiary alicyclic amines) is 1. The Morgan fingerprint density at radius 3 is 2.83 bits per heavy atom. The van der Waals surface area contributed by atoms with E-state index in [9.17, 15) is 14.7 Å². The van der Waals surface area contributed by atoms with Gasteiger partial charge in [-0.3, -0.25) is 14.6 Å². The average molecular weight is 407 g/mol. The van der Waals surface area contributed by atoms with E-state index in [0.29, 0.717) is 30.8 Å². The first-order valence-corrected chi connectivity index (χ1v) is 10.1. The molecular weight excluding hydrogens is 382 g/mol. The van der Waals surface area contributed by atoms with E-state index in [1.165, 1.54) is 4.90 Å². The first-order valence-electron chi connectivity index (χ1n) is 10.1. The number of benzene rings is 1. The van der Waals surface area contributed by atoms with Crippen LogP contribution in [-0.4, -0.2) is 65.4 Å². The Morgan fingerprint density at radius 2 is 2.10 bits per heavy atom. The number of aliphatic hydroxyl groups is 1. The van der Waals surface area contributed by atoms with Crippen LogP contribution in [0.5, 0.6) is 5.75 Å². The quantitative estimate of drug-likeness (QED) is 0.450. The number of hydrogen-bond acceptors (Lipinski definition) is 6. The number of ketones is 1. The van der Waals surface area contributed by atoms with Crippen molar-refractivity contribution in [2.24, 2.45) is 0 Å². The molecular formula is C23H25N3O4. The molecule has 2 aliphatic heterocycles. The Labute approximate surface area is 175 Å². The van der Waals surface area contributed by atoms with E-state index in [2.05, 4.69) is 4.98 Å². The van der Waals surface area contributed by atoms with Gasteiger partial charge in [0.2, 0.25) is 0 Å². The highest BCUT2D eigenvalue weighted by Crippen LogP contribution is 2.39. The van der Waals surface area contributed by atoms with Crippen molar-refractivity contribution < 1.29 is 19.4 Å². The van der Waals surface area contributed by atoms with Gasteiger partial charge in [0.15, 0.2) is 0 Å². The van der Waals surface area contributed by atoms with Crippen LogP contribution in [0, 0.1) is 0 Å². The van der Waals surface area contributed by atoms with Crippen molar-refractivity contribution in [3.63, 3.8) is 0 Å². The maximum absolute atomic E-state index is 13.0. The number of fused-ring (bicyclic) bond motifs is 1. The van der Waals surface area contributed by atoms with Gasteiger partial charge >= 0.3 is 0 Å². The summed E-state index contributed by atoms with van der Waals surface area (Å²) < 4.78 is 5.53. The fourth-order valence-corrected chi connectivity index (χ4v) is 4.00. The zero-order valence-corrected chi connectivity index (χ0v) is 17.2. The maximum atomic E-state index is 13.0. The van der Waals surface area contributed by atoms with Crippen molar-refractivity contribution in [1.82, 2.24) is 14.8 Å². The van der Waals surface area contributed by atoms with Crippen molar-refractivity contribution in [3.8, 4) is 5.75 Å². The number of ether oxygens (including phenoxy) is 1. The number of hydrogen-bond donors (Lipinski definition) is 1. The van der Waals surface area contributed by atoms with Crippen molar-refractivity contribution in [3.05, 3.63) is 65.0 Å². The van der Waals surface area contributed by atoms with Crippen LogP contribution in [0.4, 0.5) is 0 Å². The molecule has 0 spiro atoms. The molecule has 0 saturated carbocycles. The molecule has 3 heterocycles. The van der Waals surface area contributed by atoms with Crippen LogP contribution in [0.3, 0.4) is 0 Å². The molecule has 156 valence electrons. The standard InChI is InChI=1S/C23H25N3O4/c1-25(2)11-5-12-26-20(17-6-3-4-10-24-17)19(22(28)23(26)29)21(27)16-7-8-18-15(14-16)9-13-30-18/h3-4,6-8,10,14,20,27H,5,9,11-13H2,1-2H3/b21-19-. The Balaban J connectivity index is 1.77. The second-order valence-corrected chi connectivity index (χ2v) is 7.82. The van der Waals surface area contributed by atoms with Crippen LogP contribution < -0.4 is 4.74 Å². The molecule has 2 aliphatic rings. The second kappa shape index (κ2) is 8.28. The van der Waals surface area contributed by atoms with E-state index in [0.717, 1.165) is 24.3 Å². The third kappa shape index (κ3) is 3.68. The van der Waals surface area contributed by atoms with E-state index >= 15 is 0 Å². The third-order valence-electron chi connectivity index (χ3n) is 5.48. The maximum Gasteiger partial charge on any atom is 0.295 e. The van der Waals surface area contributed by atoms with E-state index in [1.807, 2.05) is 31.1 Å². The molecule has 1 aromatic heterocycles. The van der Waals surface area contributed by atoms with E-state index < -0.39 is 17.7 Å². The Kier molecular flexibility index (Phi) is 5.55. The van der Waals surface area contributed by atoms with Gasteiger partial charge in [-0.05, 0) is 63.0 Å². The summed E-state index contributed by atoms with van der Waals surface area (Å²) >= 11 is 0. The van der Waals surface area contributed by atoms with Gasteiger partial charge in [0.05, 0.1) is 17.9 Å². The molecule has 4 rings (SSSR count). The van der Waals surface area contributed by atoms with Crippen molar-refractivity contribution in [2.45, 2.75) is 18.9 Å². The molecule has 1 atom stereocenters. The number of carbonyl (C=O) groups is 2. The molecule has 30 heavy (non-hydrogen) atoms. The lowest BCUT2D eigenvalue weighted by molar-refractivity contribution is -0.140. The van der Waals surface area contributed by atoms with Crippen molar-refractivity contribution >= 4 is 17.4 Å². The number of rotatable bonds is 6. The molecule has 7 nitrogen and oxygen atoms in total. The van der Waals surface area contributed by atoms with Gasteiger partial charge in [0.1, 0.15) is 17.6 Å². The first kappa shape index (κ1) is 20.1. The molecule has 0 bridgehead atoms. The number of nitrogens with zero attached hydrogens (tertiary/aromatic N) is 3. The van der Waals surface area contributed by atoms with Gasteiger partial charge < -0.3 is 19.6 Å². The second-order valence-electron chi connectivity index (χ2n) is 7.82. The van der Waals surface area contributed by atoms with Gasteiger partial charge in [-0.25, -0.2) is 0 Å². The Hall–Kier alpha value is -3.19. The molecule has 1 N–H and O–H groups in total. The highest BCUT2D eigenvalue weighted by molar-refractivity contribution is 6.46. The number of pyridine rings is 1. The van der Waals surface area contributed by atoms with Crippen LogP contribution in [-0.2, 0) is 16.0 Å². The average Bonchev–Trinajstić information content (AvgIpc) is 3.31. The minimum atomic E-state index is -0.710. The van der Waals surface area contributed by atoms with E-state index in [1.54, 1.807) is 30.5 Å². The summed E-state index contributed by atoms with van der Waals surface area (Å²) in [6.45, 7) is 1.78. The highest BCUT2D eigenvalue weighted by atomic mass is 16.5. The summed E-state index contributed by atoms with van der Waals surface area (Å²) in [5.74, 6) is -0.661. The SMILES string of the molecule is CN(C)CCCN1C(=O)C(=O)/C(=C(\O)c2ccc3c(c2)CCO3)C1c1ccccn1. The summed E-state index contributed by atoms with van der Waals surface area (Å²) in [6.07, 6.45) is 3.08. The number of aliphatic hydroxyl groups excluding tert-OH is 1. The number of carbonyl (C=O) groups excluding carboxylic acids is 2. The van der Waals surface area contributed by atoms with Crippen LogP contribution in [0.15, 0.2) is 48.2 Å². The minimum absolute atomic E-state index is 0.0856. The van der Waals surface area contributed by atoms with Crippen molar-refractivity contribution in [2.75, 3.05) is 33.8 Å². The summed E-state index contributed by atoms with van der Waals surface area (Å²) in [4.78, 5) is 33.8. The monoisotopic (exact) mass is 407 g/mol. The molecule has 7 heteroatoms. The smallest absolute Gasteiger partial charge is 0.295 e. The van der Waals surface area contributed by atoms with E-state index in [-0.39, 0.29) is 11.3 Å². The third-order valence-corrected chi connectivity index (χ3v) is 5.48. The topological polar surface area (TPSA) is 83.0 Å². The van der Waals surface area contributed by atoms with Crippen LogP contribution >= 0.6 is 0 Å². The largest absolute Gasteiger partial charge is 0.507 e. The Bertz CT molecular complexity index is 1000. The molecule has 2 aromatic rings. The zero-order valence-electron chi connectivity index (χ0n) is 17.2. The predicted octanol–water partition coefficient (Wildman–Crippen LogP) is 2.39. The molecule has 1 saturated heterocycles. The van der Waals surface area contributed by atoms with Gasteiger partial charge in [-0.2, -0.15) is 0 Å². The van der Waals surface area contributed by atoms with Gasteiger partial charge in [0, 0.05) is 24.7 Å². The lowest BCUT2D eigenvalue weighted by atomic mass is 9.97. The van der Waals surface area contributed by atoms with Gasteiger partial charge in [-0.15, -0.1) is 0 Å². The lowest BCUT2D eigenvalue weighted by Gasteiger charge is -2.25. The molecule has 1 unspecified atom stereocenters. The summed E-state index contributed by atoms with van der Waals surface area (Å²) in [5, 5.41) is 11.1. The van der Waals surface area contributed by atoms with Crippen molar-refractivity contribution in [1.29, 1.82) is 0 Å². The fraction of sp³-hybridized carbons (Fsp3) is 0.348. The van der Waals surface area contributed by atoms with E-state index in [4.69, 9.17) is 4.74 Å². The Morgan fingerprint density at radius 1 is 1.27 bits per heavy atom. The number of Topliss-reactive ketones (excluding diaryl/α,β-unsaturated/α-hetero) is 1. The predicted molar refractivity (Wildman–Crippen MR) is 112 cm³/mol. The number of aromatic nitrogens is 1. The van der Waals surface area contributed by atoms with Crippen LogP contribution in [0.1, 0.15) is 29.3 Å². The van der Waals surface area contributed by atoms with Gasteiger partial charge in [0.25, 0.3) is 11.7 Å². The van der Waals surface area contributed by atoms with Gasteiger partial charge in [-0.1, -0.05) is 6.07 Å². The summed E-state index contributed by atoms with van der Waals surface area (Å²) in [5.41, 5.74) is 2.13. The molecule has 1 fully saturated rings. The number of amides is 1. The normalized spacial score (nSPS) is 20.0. The lowest BCUT2D eigenvalue weighted by Crippen LogP contribution is -2.32. The summed E-state index contributed by atoms with van der Waals surface area (Å²) in [7, 11) is 3.92. The molecule has 1 aromatic carbocycles. The molecule has 0 radical (unpaired) electrons. The molecule has 1 amide bonds. The highest BCUT2D eigenvalue weighted by Gasteiger charge is 2.46. The summed E-state index contributed by atoms with van der Waals surface area (Å²) in [6, 6.07) is 10.00.